The minimum Gasteiger partial charge on any atom is -0.342 e. The Bertz CT molecular complexity index is 782. The number of nitrogens with two attached hydrogens (primary N) is 1. The number of halogens is 1. The third-order valence-corrected chi connectivity index (χ3v) is 5.39. The summed E-state index contributed by atoms with van der Waals surface area (Å²) in [7, 11) is 0. The lowest BCUT2D eigenvalue weighted by atomic mass is 9.92. The molecule has 1 aromatic heterocycles. The van der Waals surface area contributed by atoms with E-state index in [1.54, 1.807) is 16.8 Å². The molecule has 1 aliphatic heterocycles. The maximum atomic E-state index is 13.2. The molecule has 0 aliphatic carbocycles. The Kier molecular flexibility index (Phi) is 5.41. The number of nitrogens with zero attached hydrogens (tertiary/aromatic N) is 3. The lowest BCUT2D eigenvalue weighted by Gasteiger charge is -2.34. The summed E-state index contributed by atoms with van der Waals surface area (Å²) in [5, 5.41) is 4.55. The Hall–Kier alpha value is -2.21. The number of rotatable bonds is 4. The zero-order valence-electron chi connectivity index (χ0n) is 15.7. The first-order chi connectivity index (χ1) is 12.4. The Morgan fingerprint density at radius 3 is 2.69 bits per heavy atom. The van der Waals surface area contributed by atoms with Crippen LogP contribution in [0, 0.1) is 25.6 Å². The van der Waals surface area contributed by atoms with Gasteiger partial charge in [-0.2, -0.15) is 5.10 Å². The van der Waals surface area contributed by atoms with E-state index in [9.17, 15) is 9.18 Å². The topological polar surface area (TPSA) is 64.2 Å². The Morgan fingerprint density at radius 1 is 1.35 bits per heavy atom. The third-order valence-electron chi connectivity index (χ3n) is 5.39. The van der Waals surface area contributed by atoms with Crippen LogP contribution in [0.5, 0.6) is 0 Å². The standard InChI is InChI=1S/C20H27FN4O/c1-13(22)16-5-4-10-24(12-16)20(26)11-19-14(2)23-25(15(19)3)18-8-6-17(21)7-9-18/h6-9,13,16H,4-5,10-12,22H2,1-3H3. The Labute approximate surface area is 154 Å². The van der Waals surface area contributed by atoms with Crippen molar-refractivity contribution < 1.29 is 9.18 Å². The third kappa shape index (κ3) is 3.80. The molecular formula is C20H27FN4O. The van der Waals surface area contributed by atoms with Gasteiger partial charge in [0.15, 0.2) is 0 Å². The first-order valence-corrected chi connectivity index (χ1v) is 9.21. The van der Waals surface area contributed by atoms with Gasteiger partial charge in [-0.05, 0) is 63.8 Å². The van der Waals surface area contributed by atoms with E-state index < -0.39 is 0 Å². The maximum Gasteiger partial charge on any atom is 0.227 e. The fraction of sp³-hybridized carbons (Fsp3) is 0.500. The summed E-state index contributed by atoms with van der Waals surface area (Å²) >= 11 is 0. The zero-order chi connectivity index (χ0) is 18.8. The number of aryl methyl sites for hydroxylation is 1. The van der Waals surface area contributed by atoms with Crippen LogP contribution in [0.25, 0.3) is 5.69 Å². The van der Waals surface area contributed by atoms with Crippen molar-refractivity contribution in [3.05, 3.63) is 47.0 Å². The van der Waals surface area contributed by atoms with Crippen LogP contribution in [-0.2, 0) is 11.2 Å². The van der Waals surface area contributed by atoms with Gasteiger partial charge in [-0.3, -0.25) is 4.79 Å². The van der Waals surface area contributed by atoms with E-state index in [0.29, 0.717) is 12.3 Å². The van der Waals surface area contributed by atoms with Gasteiger partial charge >= 0.3 is 0 Å². The molecule has 3 rings (SSSR count). The molecule has 1 fully saturated rings. The highest BCUT2D eigenvalue weighted by Gasteiger charge is 2.27. The smallest absolute Gasteiger partial charge is 0.227 e. The average Bonchev–Trinajstić information content (AvgIpc) is 2.90. The number of carbonyl (C=O) groups is 1. The highest BCUT2D eigenvalue weighted by atomic mass is 19.1. The molecular weight excluding hydrogens is 331 g/mol. The van der Waals surface area contributed by atoms with E-state index >= 15 is 0 Å². The Balaban J connectivity index is 1.77. The normalized spacial score (nSPS) is 18.8. The van der Waals surface area contributed by atoms with Crippen LogP contribution in [-0.4, -0.2) is 39.7 Å². The van der Waals surface area contributed by atoms with Gasteiger partial charge in [0, 0.05) is 30.4 Å². The summed E-state index contributed by atoms with van der Waals surface area (Å²) in [6, 6.07) is 6.32. The molecule has 1 aliphatic rings. The van der Waals surface area contributed by atoms with Crippen LogP contribution >= 0.6 is 0 Å². The monoisotopic (exact) mass is 358 g/mol. The van der Waals surface area contributed by atoms with Crippen molar-refractivity contribution in [3.63, 3.8) is 0 Å². The van der Waals surface area contributed by atoms with Gasteiger partial charge < -0.3 is 10.6 Å². The van der Waals surface area contributed by atoms with Crippen LogP contribution < -0.4 is 5.73 Å². The van der Waals surface area contributed by atoms with Crippen LogP contribution in [0.1, 0.15) is 36.7 Å². The second-order valence-electron chi connectivity index (χ2n) is 7.32. The summed E-state index contributed by atoms with van der Waals surface area (Å²) in [6.45, 7) is 7.41. The molecule has 0 saturated carbocycles. The molecule has 140 valence electrons. The summed E-state index contributed by atoms with van der Waals surface area (Å²) in [6.07, 6.45) is 2.43. The van der Waals surface area contributed by atoms with Crippen molar-refractivity contribution in [1.29, 1.82) is 0 Å². The van der Waals surface area contributed by atoms with Gasteiger partial charge in [0.05, 0.1) is 17.8 Å². The summed E-state index contributed by atoms with van der Waals surface area (Å²) in [5.74, 6) is 0.219. The quantitative estimate of drug-likeness (QED) is 0.914. The Morgan fingerprint density at radius 2 is 2.04 bits per heavy atom. The maximum absolute atomic E-state index is 13.2. The van der Waals surface area contributed by atoms with E-state index in [1.165, 1.54) is 12.1 Å². The predicted molar refractivity (Wildman–Crippen MR) is 99.7 cm³/mol. The van der Waals surface area contributed by atoms with Crippen molar-refractivity contribution in [3.8, 4) is 5.69 Å². The lowest BCUT2D eigenvalue weighted by Crippen LogP contribution is -2.45. The number of carbonyl (C=O) groups excluding carboxylic acids is 1. The van der Waals surface area contributed by atoms with E-state index in [-0.39, 0.29) is 17.8 Å². The number of piperidine rings is 1. The first kappa shape index (κ1) is 18.6. The van der Waals surface area contributed by atoms with E-state index in [0.717, 1.165) is 48.6 Å². The second kappa shape index (κ2) is 7.58. The average molecular weight is 358 g/mol. The molecule has 0 radical (unpaired) electrons. The van der Waals surface area contributed by atoms with Gasteiger partial charge in [-0.25, -0.2) is 9.07 Å². The molecule has 26 heavy (non-hydrogen) atoms. The van der Waals surface area contributed by atoms with Crippen molar-refractivity contribution in [2.45, 2.75) is 46.1 Å². The summed E-state index contributed by atoms with van der Waals surface area (Å²) in [4.78, 5) is 14.8. The van der Waals surface area contributed by atoms with Gasteiger partial charge in [0.25, 0.3) is 0 Å². The van der Waals surface area contributed by atoms with Crippen molar-refractivity contribution in [1.82, 2.24) is 14.7 Å². The highest BCUT2D eigenvalue weighted by molar-refractivity contribution is 5.79. The van der Waals surface area contributed by atoms with Crippen molar-refractivity contribution in [2.75, 3.05) is 13.1 Å². The van der Waals surface area contributed by atoms with E-state index in [2.05, 4.69) is 5.10 Å². The molecule has 1 saturated heterocycles. The second-order valence-corrected chi connectivity index (χ2v) is 7.32. The number of hydrogen-bond donors (Lipinski definition) is 1. The van der Waals surface area contributed by atoms with Crippen molar-refractivity contribution >= 4 is 5.91 Å². The summed E-state index contributed by atoms with van der Waals surface area (Å²) < 4.78 is 14.9. The molecule has 1 amide bonds. The highest BCUT2D eigenvalue weighted by Crippen LogP contribution is 2.22. The van der Waals surface area contributed by atoms with Gasteiger partial charge in [-0.15, -0.1) is 0 Å². The predicted octanol–water partition coefficient (Wildman–Crippen LogP) is 2.76. The number of benzene rings is 1. The van der Waals surface area contributed by atoms with Gasteiger partial charge in [-0.1, -0.05) is 0 Å². The van der Waals surface area contributed by atoms with Gasteiger partial charge in [0.2, 0.25) is 5.91 Å². The van der Waals surface area contributed by atoms with Crippen molar-refractivity contribution in [2.24, 2.45) is 11.7 Å². The van der Waals surface area contributed by atoms with E-state index in [4.69, 9.17) is 5.73 Å². The van der Waals surface area contributed by atoms with Crippen LogP contribution in [0.2, 0.25) is 0 Å². The number of hydrogen-bond acceptors (Lipinski definition) is 3. The molecule has 2 unspecified atom stereocenters. The molecule has 0 bridgehead atoms. The first-order valence-electron chi connectivity index (χ1n) is 9.21. The molecule has 0 spiro atoms. The molecule has 1 aromatic carbocycles. The van der Waals surface area contributed by atoms with E-state index in [1.807, 2.05) is 25.7 Å². The van der Waals surface area contributed by atoms with Crippen LogP contribution in [0.15, 0.2) is 24.3 Å². The molecule has 2 atom stereocenters. The fourth-order valence-electron chi connectivity index (χ4n) is 3.69. The largest absolute Gasteiger partial charge is 0.342 e. The number of aromatic nitrogens is 2. The molecule has 2 heterocycles. The SMILES string of the molecule is Cc1nn(-c2ccc(F)cc2)c(C)c1CC(=O)N1CCCC(C(C)N)C1. The van der Waals surface area contributed by atoms with Crippen LogP contribution in [0.3, 0.4) is 0 Å². The number of amides is 1. The summed E-state index contributed by atoms with van der Waals surface area (Å²) in [5.41, 5.74) is 9.52. The number of likely N-dealkylation sites (tertiary alicyclic amines) is 1. The van der Waals surface area contributed by atoms with Gasteiger partial charge in [0.1, 0.15) is 5.82 Å². The minimum atomic E-state index is -0.278. The molecule has 5 nitrogen and oxygen atoms in total. The molecule has 6 heteroatoms. The fourth-order valence-corrected chi connectivity index (χ4v) is 3.69. The molecule has 2 N–H and O–H groups in total. The lowest BCUT2D eigenvalue weighted by molar-refractivity contribution is -0.132. The van der Waals surface area contributed by atoms with Crippen LogP contribution in [0.4, 0.5) is 4.39 Å². The minimum absolute atomic E-state index is 0.107. The molecule has 2 aromatic rings. The zero-order valence-corrected chi connectivity index (χ0v) is 15.7.